The van der Waals surface area contributed by atoms with Gasteiger partial charge >= 0.3 is 5.97 Å². The summed E-state index contributed by atoms with van der Waals surface area (Å²) < 4.78 is 5.44. The average molecular weight is 420 g/mol. The second kappa shape index (κ2) is 9.94. The number of carbonyl (C=O) groups is 1. The third-order valence-corrected chi connectivity index (χ3v) is 6.30. The Balaban J connectivity index is 1.33. The molecule has 2 aliphatic heterocycles. The third-order valence-electron chi connectivity index (χ3n) is 6.03. The van der Waals surface area contributed by atoms with Crippen molar-refractivity contribution in [2.24, 2.45) is 0 Å². The summed E-state index contributed by atoms with van der Waals surface area (Å²) in [5.74, 6) is 0.409. The Morgan fingerprint density at radius 2 is 1.97 bits per heavy atom. The van der Waals surface area contributed by atoms with Crippen molar-refractivity contribution >= 4 is 28.5 Å². The fourth-order valence-electron chi connectivity index (χ4n) is 4.33. The van der Waals surface area contributed by atoms with E-state index in [2.05, 4.69) is 9.88 Å². The number of H-pyrrole nitrogens is 1. The van der Waals surface area contributed by atoms with Gasteiger partial charge in [0.05, 0.1) is 18.8 Å². The van der Waals surface area contributed by atoms with E-state index in [0.717, 1.165) is 82.4 Å². The van der Waals surface area contributed by atoms with Gasteiger partial charge in [0.15, 0.2) is 0 Å². The van der Waals surface area contributed by atoms with Crippen molar-refractivity contribution in [3.8, 4) is 0 Å². The van der Waals surface area contributed by atoms with Crippen LogP contribution >= 0.6 is 11.6 Å². The molecule has 7 heteroatoms. The van der Waals surface area contributed by atoms with Crippen LogP contribution in [0.2, 0.25) is 0 Å². The van der Waals surface area contributed by atoms with Gasteiger partial charge in [0.2, 0.25) is 0 Å². The van der Waals surface area contributed by atoms with Gasteiger partial charge in [0.25, 0.3) is 0 Å². The summed E-state index contributed by atoms with van der Waals surface area (Å²) in [7, 11) is 0. The number of piperidine rings is 1. The standard InChI is InChI=1S/C22H30ClN3O3/c23-8-2-1-3-18-16-24-21-5-4-17(15-20(18)21)22(27)29-26-9-6-19(7-10-26)25-11-13-28-14-12-25/h4-5,15-16,19,24H,1-3,6-14H2. The molecule has 29 heavy (non-hydrogen) atoms. The summed E-state index contributed by atoms with van der Waals surface area (Å²) in [5, 5.41) is 2.92. The molecule has 0 atom stereocenters. The maximum atomic E-state index is 12.7. The quantitative estimate of drug-likeness (QED) is 0.549. The van der Waals surface area contributed by atoms with E-state index in [1.807, 2.05) is 29.5 Å². The minimum Gasteiger partial charge on any atom is -0.379 e. The smallest absolute Gasteiger partial charge is 0.357 e. The number of benzene rings is 1. The van der Waals surface area contributed by atoms with Crippen LogP contribution in [0.3, 0.4) is 0 Å². The summed E-state index contributed by atoms with van der Waals surface area (Å²) in [6.45, 7) is 5.23. The molecule has 0 radical (unpaired) electrons. The number of hydrogen-bond donors (Lipinski definition) is 1. The van der Waals surface area contributed by atoms with Crippen molar-refractivity contribution in [1.29, 1.82) is 0 Å². The predicted octanol–water partition coefficient (Wildman–Crippen LogP) is 3.60. The van der Waals surface area contributed by atoms with Crippen LogP contribution in [0.4, 0.5) is 0 Å². The van der Waals surface area contributed by atoms with Gasteiger partial charge in [0.1, 0.15) is 0 Å². The molecule has 0 spiro atoms. The zero-order valence-electron chi connectivity index (χ0n) is 16.9. The topological polar surface area (TPSA) is 57.8 Å². The number of fused-ring (bicyclic) bond motifs is 1. The average Bonchev–Trinajstić information content (AvgIpc) is 3.17. The molecule has 0 aliphatic carbocycles. The Labute approximate surface area is 177 Å². The molecular formula is C22H30ClN3O3. The number of carbonyl (C=O) groups excluding carboxylic acids is 1. The first-order chi connectivity index (χ1) is 14.2. The normalized spacial score (nSPS) is 19.6. The minimum absolute atomic E-state index is 0.273. The second-order valence-corrected chi connectivity index (χ2v) is 8.29. The number of aromatic amines is 1. The minimum atomic E-state index is -0.273. The Morgan fingerprint density at radius 3 is 2.72 bits per heavy atom. The number of ether oxygens (including phenoxy) is 1. The second-order valence-electron chi connectivity index (χ2n) is 7.91. The van der Waals surface area contributed by atoms with E-state index < -0.39 is 0 Å². The number of nitrogens with one attached hydrogen (secondary N) is 1. The fourth-order valence-corrected chi connectivity index (χ4v) is 4.52. The van der Waals surface area contributed by atoms with Crippen LogP contribution < -0.4 is 0 Å². The maximum Gasteiger partial charge on any atom is 0.357 e. The van der Waals surface area contributed by atoms with Crippen molar-refractivity contribution in [3.63, 3.8) is 0 Å². The molecule has 1 aromatic heterocycles. The molecule has 1 aromatic carbocycles. The zero-order chi connectivity index (χ0) is 20.1. The van der Waals surface area contributed by atoms with Crippen LogP contribution in [0.25, 0.3) is 10.9 Å². The van der Waals surface area contributed by atoms with E-state index >= 15 is 0 Å². The first-order valence-electron chi connectivity index (χ1n) is 10.7. The predicted molar refractivity (Wildman–Crippen MR) is 114 cm³/mol. The van der Waals surface area contributed by atoms with Crippen LogP contribution in [0.15, 0.2) is 24.4 Å². The zero-order valence-corrected chi connectivity index (χ0v) is 17.6. The highest BCUT2D eigenvalue weighted by Gasteiger charge is 2.27. The van der Waals surface area contributed by atoms with E-state index in [4.69, 9.17) is 21.2 Å². The van der Waals surface area contributed by atoms with Crippen LogP contribution in [0, 0.1) is 0 Å². The Hall–Kier alpha value is -1.60. The number of morpholine rings is 1. The highest BCUT2D eigenvalue weighted by atomic mass is 35.5. The van der Waals surface area contributed by atoms with Gasteiger partial charge in [-0.25, -0.2) is 4.79 Å². The Bertz CT molecular complexity index is 811. The fraction of sp³-hybridized carbons (Fsp3) is 0.591. The molecule has 2 saturated heterocycles. The van der Waals surface area contributed by atoms with Crippen LogP contribution in [-0.4, -0.2) is 72.2 Å². The van der Waals surface area contributed by atoms with Crippen molar-refractivity contribution in [2.75, 3.05) is 45.3 Å². The molecule has 0 unspecified atom stereocenters. The highest BCUT2D eigenvalue weighted by Crippen LogP contribution is 2.23. The van der Waals surface area contributed by atoms with Gasteiger partial charge in [-0.2, -0.15) is 0 Å². The number of nitrogens with zero attached hydrogens (tertiary/aromatic N) is 2. The van der Waals surface area contributed by atoms with Gasteiger partial charge in [0, 0.05) is 55.2 Å². The monoisotopic (exact) mass is 419 g/mol. The lowest BCUT2D eigenvalue weighted by atomic mass is 10.0. The van der Waals surface area contributed by atoms with Crippen molar-refractivity contribution in [3.05, 3.63) is 35.5 Å². The molecule has 6 nitrogen and oxygen atoms in total. The Kier molecular flexibility index (Phi) is 7.08. The molecule has 4 rings (SSSR count). The van der Waals surface area contributed by atoms with Gasteiger partial charge in [-0.05, 0) is 55.9 Å². The maximum absolute atomic E-state index is 12.7. The van der Waals surface area contributed by atoms with Crippen LogP contribution in [0.1, 0.15) is 41.6 Å². The summed E-state index contributed by atoms with van der Waals surface area (Å²) in [6, 6.07) is 6.32. The van der Waals surface area contributed by atoms with E-state index in [0.29, 0.717) is 17.5 Å². The van der Waals surface area contributed by atoms with Gasteiger partial charge in [-0.3, -0.25) is 4.90 Å². The number of alkyl halides is 1. The molecule has 2 aromatic rings. The molecular weight excluding hydrogens is 390 g/mol. The number of hydroxylamine groups is 2. The van der Waals surface area contributed by atoms with Gasteiger partial charge < -0.3 is 14.6 Å². The largest absolute Gasteiger partial charge is 0.379 e. The Morgan fingerprint density at radius 1 is 1.17 bits per heavy atom. The van der Waals surface area contributed by atoms with Crippen molar-refractivity contribution < 1.29 is 14.4 Å². The molecule has 0 saturated carbocycles. The van der Waals surface area contributed by atoms with E-state index in [9.17, 15) is 4.79 Å². The first kappa shape index (κ1) is 20.7. The number of hydrogen-bond acceptors (Lipinski definition) is 5. The number of unbranched alkanes of at least 4 members (excludes halogenated alkanes) is 1. The van der Waals surface area contributed by atoms with Crippen molar-refractivity contribution in [2.45, 2.75) is 38.1 Å². The SMILES string of the molecule is O=C(ON1CCC(N2CCOCC2)CC1)c1ccc2[nH]cc(CCCCCl)c2c1. The van der Waals surface area contributed by atoms with Crippen LogP contribution in [0.5, 0.6) is 0 Å². The molecule has 158 valence electrons. The third kappa shape index (κ3) is 5.12. The van der Waals surface area contributed by atoms with Gasteiger partial charge in [-0.15, -0.1) is 16.7 Å². The van der Waals surface area contributed by atoms with E-state index in [1.54, 1.807) is 0 Å². The number of halogens is 1. The highest BCUT2D eigenvalue weighted by molar-refractivity contribution is 6.17. The lowest BCUT2D eigenvalue weighted by Gasteiger charge is -2.39. The summed E-state index contributed by atoms with van der Waals surface area (Å²) in [4.78, 5) is 24.2. The molecule has 0 amide bonds. The summed E-state index contributed by atoms with van der Waals surface area (Å²) >= 11 is 5.79. The lowest BCUT2D eigenvalue weighted by molar-refractivity contribution is -0.131. The molecule has 2 aliphatic rings. The lowest BCUT2D eigenvalue weighted by Crippen LogP contribution is -2.49. The number of aryl methyl sites for hydroxylation is 1. The number of rotatable bonds is 7. The first-order valence-corrected chi connectivity index (χ1v) is 11.2. The summed E-state index contributed by atoms with van der Waals surface area (Å²) in [5.41, 5.74) is 2.88. The van der Waals surface area contributed by atoms with Crippen molar-refractivity contribution in [1.82, 2.24) is 14.9 Å². The van der Waals surface area contributed by atoms with Gasteiger partial charge in [-0.1, -0.05) is 0 Å². The van der Waals surface area contributed by atoms with E-state index in [-0.39, 0.29) is 5.97 Å². The molecule has 3 heterocycles. The van der Waals surface area contributed by atoms with Crippen LogP contribution in [-0.2, 0) is 16.0 Å². The summed E-state index contributed by atoms with van der Waals surface area (Å²) in [6.07, 6.45) is 7.08. The number of aromatic nitrogens is 1. The van der Waals surface area contributed by atoms with E-state index in [1.165, 1.54) is 5.56 Å². The molecule has 2 fully saturated rings. The molecule has 0 bridgehead atoms. The molecule has 1 N–H and O–H groups in total.